The molecule has 0 radical (unpaired) electrons. The number of ether oxygens (including phenoxy) is 6. The molecule has 0 N–H and O–H groups in total. The molecule has 34 heavy (non-hydrogen) atoms. The largest absolute Gasteiger partial charge is 0.493 e. The Hall–Kier alpha value is -4.27. The summed E-state index contributed by atoms with van der Waals surface area (Å²) in [5, 5.41) is 0. The standard InChI is InChI=1S/C25H27N3O6/c1-29-20-10-18(11-21(30-2)24(20)33-5)26-14-16-8-7-9-17(28-16)15-27-19-12-22(31-3)25(34-6)23(13-19)32-4/h7-15H,1-6H3. The summed E-state index contributed by atoms with van der Waals surface area (Å²) < 4.78 is 32.2. The predicted molar refractivity (Wildman–Crippen MR) is 131 cm³/mol. The summed E-state index contributed by atoms with van der Waals surface area (Å²) in [7, 11) is 9.34. The number of rotatable bonds is 10. The third-order valence-corrected chi connectivity index (χ3v) is 4.78. The Morgan fingerprint density at radius 2 is 0.912 bits per heavy atom. The zero-order valence-corrected chi connectivity index (χ0v) is 20.0. The highest BCUT2D eigenvalue weighted by Crippen LogP contribution is 2.41. The van der Waals surface area contributed by atoms with E-state index in [-0.39, 0.29) is 0 Å². The second-order valence-electron chi connectivity index (χ2n) is 6.77. The average molecular weight is 466 g/mol. The SMILES string of the molecule is COc1cc(N=Cc2cccc(C=Nc3cc(OC)c(OC)c(OC)c3)n2)cc(OC)c1OC. The van der Waals surface area contributed by atoms with Crippen molar-refractivity contribution in [1.82, 2.24) is 4.98 Å². The van der Waals surface area contributed by atoms with Crippen LogP contribution in [0, 0.1) is 0 Å². The zero-order chi connectivity index (χ0) is 24.5. The van der Waals surface area contributed by atoms with Crippen molar-refractivity contribution >= 4 is 23.8 Å². The van der Waals surface area contributed by atoms with Gasteiger partial charge in [-0.05, 0) is 12.1 Å². The maximum atomic E-state index is 5.37. The minimum atomic E-state index is 0.507. The second-order valence-corrected chi connectivity index (χ2v) is 6.77. The van der Waals surface area contributed by atoms with Crippen LogP contribution in [-0.2, 0) is 0 Å². The minimum absolute atomic E-state index is 0.507. The number of pyridine rings is 1. The molecular weight excluding hydrogens is 438 g/mol. The zero-order valence-electron chi connectivity index (χ0n) is 20.0. The molecule has 0 fully saturated rings. The van der Waals surface area contributed by atoms with Gasteiger partial charge in [0.25, 0.3) is 0 Å². The van der Waals surface area contributed by atoms with Crippen LogP contribution in [0.4, 0.5) is 11.4 Å². The molecule has 0 saturated carbocycles. The lowest BCUT2D eigenvalue weighted by molar-refractivity contribution is 0.324. The summed E-state index contributed by atoms with van der Waals surface area (Å²) in [6.07, 6.45) is 3.30. The topological polar surface area (TPSA) is 93.0 Å². The average Bonchev–Trinajstić information content (AvgIpc) is 2.89. The Kier molecular flexibility index (Phi) is 8.28. The van der Waals surface area contributed by atoms with Crippen LogP contribution in [0.5, 0.6) is 34.5 Å². The van der Waals surface area contributed by atoms with E-state index in [2.05, 4.69) is 15.0 Å². The van der Waals surface area contributed by atoms with Crippen LogP contribution < -0.4 is 28.4 Å². The van der Waals surface area contributed by atoms with E-state index in [4.69, 9.17) is 28.4 Å². The minimum Gasteiger partial charge on any atom is -0.493 e. The normalized spacial score (nSPS) is 11.0. The lowest BCUT2D eigenvalue weighted by atomic mass is 10.2. The number of benzene rings is 2. The second kappa shape index (κ2) is 11.6. The van der Waals surface area contributed by atoms with Crippen molar-refractivity contribution in [1.29, 1.82) is 0 Å². The summed E-state index contributed by atoms with van der Waals surface area (Å²) in [6.45, 7) is 0. The van der Waals surface area contributed by atoms with E-state index < -0.39 is 0 Å². The van der Waals surface area contributed by atoms with Gasteiger partial charge in [-0.1, -0.05) is 6.07 Å². The van der Waals surface area contributed by atoms with Crippen molar-refractivity contribution < 1.29 is 28.4 Å². The molecule has 178 valence electrons. The van der Waals surface area contributed by atoms with Crippen LogP contribution in [-0.4, -0.2) is 60.1 Å². The monoisotopic (exact) mass is 465 g/mol. The van der Waals surface area contributed by atoms with Gasteiger partial charge in [0.1, 0.15) is 0 Å². The van der Waals surface area contributed by atoms with Gasteiger partial charge in [-0.25, -0.2) is 4.98 Å². The van der Waals surface area contributed by atoms with Gasteiger partial charge < -0.3 is 28.4 Å². The highest BCUT2D eigenvalue weighted by molar-refractivity contribution is 5.84. The molecule has 1 aromatic heterocycles. The smallest absolute Gasteiger partial charge is 0.203 e. The molecule has 0 aliphatic rings. The number of hydrogen-bond acceptors (Lipinski definition) is 9. The van der Waals surface area contributed by atoms with Gasteiger partial charge >= 0.3 is 0 Å². The Bertz CT molecular complexity index is 1050. The van der Waals surface area contributed by atoms with Gasteiger partial charge in [0.2, 0.25) is 11.5 Å². The molecule has 3 rings (SSSR count). The molecule has 0 amide bonds. The fraction of sp³-hybridized carbons (Fsp3) is 0.240. The fourth-order valence-electron chi connectivity index (χ4n) is 3.18. The first kappa shape index (κ1) is 24.4. The highest BCUT2D eigenvalue weighted by atomic mass is 16.5. The maximum absolute atomic E-state index is 5.37. The molecule has 0 aliphatic heterocycles. The molecular formula is C25H27N3O6. The third-order valence-electron chi connectivity index (χ3n) is 4.78. The molecule has 0 aliphatic carbocycles. The van der Waals surface area contributed by atoms with Crippen molar-refractivity contribution in [2.45, 2.75) is 0 Å². The number of aromatic nitrogens is 1. The molecule has 3 aromatic rings. The Labute approximate surface area is 198 Å². The molecule has 2 aromatic carbocycles. The van der Waals surface area contributed by atoms with E-state index in [9.17, 15) is 0 Å². The Morgan fingerprint density at radius 3 is 1.21 bits per heavy atom. The van der Waals surface area contributed by atoms with E-state index >= 15 is 0 Å². The predicted octanol–water partition coefficient (Wildman–Crippen LogP) is 4.63. The molecule has 9 heteroatoms. The molecule has 0 bridgehead atoms. The fourth-order valence-corrected chi connectivity index (χ4v) is 3.18. The lowest BCUT2D eigenvalue weighted by Gasteiger charge is -2.12. The van der Waals surface area contributed by atoms with Crippen LogP contribution in [0.3, 0.4) is 0 Å². The summed E-state index contributed by atoms with van der Waals surface area (Å²) in [6, 6.07) is 12.6. The number of methoxy groups -OCH3 is 6. The summed E-state index contributed by atoms with van der Waals surface area (Å²) in [5.41, 5.74) is 2.57. The van der Waals surface area contributed by atoms with E-state index in [0.717, 1.165) is 0 Å². The molecule has 0 atom stereocenters. The van der Waals surface area contributed by atoms with Crippen LogP contribution in [0.2, 0.25) is 0 Å². The summed E-state index contributed by atoms with van der Waals surface area (Å²) in [4.78, 5) is 13.6. The van der Waals surface area contributed by atoms with Crippen molar-refractivity contribution in [3.63, 3.8) is 0 Å². The molecule has 9 nitrogen and oxygen atoms in total. The lowest BCUT2D eigenvalue weighted by Crippen LogP contribution is -1.95. The molecule has 0 unspecified atom stereocenters. The summed E-state index contributed by atoms with van der Waals surface area (Å²) in [5.74, 6) is 3.10. The van der Waals surface area contributed by atoms with E-state index in [0.29, 0.717) is 57.3 Å². The Morgan fingerprint density at radius 1 is 0.559 bits per heavy atom. The molecule has 0 saturated heterocycles. The number of nitrogens with zero attached hydrogens (tertiary/aromatic N) is 3. The van der Waals surface area contributed by atoms with Crippen molar-refractivity contribution in [3.8, 4) is 34.5 Å². The van der Waals surface area contributed by atoms with Crippen molar-refractivity contribution in [2.24, 2.45) is 9.98 Å². The van der Waals surface area contributed by atoms with E-state index in [1.54, 1.807) is 79.4 Å². The Balaban J connectivity index is 1.85. The third kappa shape index (κ3) is 5.55. The highest BCUT2D eigenvalue weighted by Gasteiger charge is 2.13. The first-order valence-corrected chi connectivity index (χ1v) is 10.2. The van der Waals surface area contributed by atoms with Crippen molar-refractivity contribution in [3.05, 3.63) is 53.9 Å². The van der Waals surface area contributed by atoms with Crippen molar-refractivity contribution in [2.75, 3.05) is 42.7 Å². The van der Waals surface area contributed by atoms with Crippen LogP contribution in [0.25, 0.3) is 0 Å². The quantitative estimate of drug-likeness (QED) is 0.403. The first-order chi connectivity index (χ1) is 16.6. The summed E-state index contributed by atoms with van der Waals surface area (Å²) >= 11 is 0. The van der Waals surface area contributed by atoms with Gasteiger partial charge in [-0.3, -0.25) is 9.98 Å². The molecule has 1 heterocycles. The van der Waals surface area contributed by atoms with Gasteiger partial charge in [-0.2, -0.15) is 0 Å². The van der Waals surface area contributed by atoms with Gasteiger partial charge in [0.05, 0.1) is 77.9 Å². The maximum Gasteiger partial charge on any atom is 0.203 e. The first-order valence-electron chi connectivity index (χ1n) is 10.2. The van der Waals surface area contributed by atoms with Crippen LogP contribution >= 0.6 is 0 Å². The van der Waals surface area contributed by atoms with Gasteiger partial charge in [-0.15, -0.1) is 0 Å². The van der Waals surface area contributed by atoms with Gasteiger partial charge in [0.15, 0.2) is 23.0 Å². The number of aliphatic imine (C=N–C) groups is 2. The van der Waals surface area contributed by atoms with Crippen LogP contribution in [0.1, 0.15) is 11.4 Å². The molecule has 0 spiro atoms. The van der Waals surface area contributed by atoms with Gasteiger partial charge in [0, 0.05) is 24.3 Å². The number of hydrogen-bond donors (Lipinski definition) is 0. The van der Waals surface area contributed by atoms with E-state index in [1.807, 2.05) is 18.2 Å². The van der Waals surface area contributed by atoms with Crippen LogP contribution in [0.15, 0.2) is 52.4 Å². The van der Waals surface area contributed by atoms with E-state index in [1.165, 1.54) is 0 Å².